The minimum Gasteiger partial charge on any atom is -0.478 e. The van der Waals surface area contributed by atoms with Crippen LogP contribution in [-0.4, -0.2) is 44.3 Å². The number of benzene rings is 4. The van der Waals surface area contributed by atoms with Crippen LogP contribution in [-0.2, 0) is 0 Å². The van der Waals surface area contributed by atoms with Crippen LogP contribution in [0.25, 0.3) is 0 Å². The first-order valence-corrected chi connectivity index (χ1v) is 11.2. The smallest absolute Gasteiger partial charge is 0.335 e. The fourth-order valence-electron chi connectivity index (χ4n) is 4.47. The molecule has 0 fully saturated rings. The van der Waals surface area contributed by atoms with Gasteiger partial charge in [-0.25, -0.2) is 19.2 Å². The summed E-state index contributed by atoms with van der Waals surface area (Å²) in [6, 6.07) is 21.6. The summed E-state index contributed by atoms with van der Waals surface area (Å²) in [6.07, 6.45) is 0. The van der Waals surface area contributed by atoms with Gasteiger partial charge in [0, 0.05) is 11.4 Å². The number of anilines is 6. The van der Waals surface area contributed by atoms with E-state index in [9.17, 15) is 39.6 Å². The summed E-state index contributed by atoms with van der Waals surface area (Å²) >= 11 is 0. The highest BCUT2D eigenvalue weighted by Crippen LogP contribution is 2.54. The number of nitrogens with zero attached hydrogens (tertiary/aromatic N) is 2. The summed E-state index contributed by atoms with van der Waals surface area (Å²) in [4.78, 5) is 50.6. The van der Waals surface area contributed by atoms with Crippen molar-refractivity contribution in [3.05, 3.63) is 107 Å². The Morgan fingerprint density at radius 2 is 0.658 bits per heavy atom. The monoisotopic (exact) mass is 510 g/mol. The predicted molar refractivity (Wildman–Crippen MR) is 137 cm³/mol. The molecule has 0 bridgehead atoms. The summed E-state index contributed by atoms with van der Waals surface area (Å²) in [5.41, 5.74) is 1.85. The largest absolute Gasteiger partial charge is 0.478 e. The number of fused-ring (bicyclic) bond motifs is 2. The molecule has 4 aromatic rings. The quantitative estimate of drug-likeness (QED) is 0.222. The van der Waals surface area contributed by atoms with E-state index in [0.717, 1.165) is 12.1 Å². The molecule has 0 radical (unpaired) electrons. The van der Waals surface area contributed by atoms with E-state index in [2.05, 4.69) is 0 Å². The van der Waals surface area contributed by atoms with Crippen molar-refractivity contribution in [2.45, 2.75) is 0 Å². The summed E-state index contributed by atoms with van der Waals surface area (Å²) in [6.45, 7) is 0. The van der Waals surface area contributed by atoms with Crippen LogP contribution in [0.5, 0.6) is 0 Å². The maximum absolute atomic E-state index is 11.8. The van der Waals surface area contributed by atoms with E-state index >= 15 is 0 Å². The standard InChI is InChI=1S/C28H18N2O8/c31-25(32)15-9-16(26(33)34)12-19(11-15)29-21-5-1-2-6-22(21)30(24-8-4-3-7-23(24)29)20-13-17(27(35)36)10-18(14-20)28(37)38/h1-14H,(H,31,32)(H,33,34)(H,35,36)(H,37,38). The second-order valence-electron chi connectivity index (χ2n) is 8.41. The van der Waals surface area contributed by atoms with Gasteiger partial charge in [-0.1, -0.05) is 24.3 Å². The van der Waals surface area contributed by atoms with Gasteiger partial charge >= 0.3 is 23.9 Å². The van der Waals surface area contributed by atoms with Crippen molar-refractivity contribution in [1.82, 2.24) is 0 Å². The molecular formula is C28H18N2O8. The second-order valence-corrected chi connectivity index (χ2v) is 8.41. The third-order valence-electron chi connectivity index (χ3n) is 6.07. The molecule has 0 aromatic heterocycles. The Balaban J connectivity index is 1.80. The molecule has 1 aliphatic heterocycles. The third kappa shape index (κ3) is 4.05. The van der Waals surface area contributed by atoms with Crippen LogP contribution in [0.2, 0.25) is 0 Å². The van der Waals surface area contributed by atoms with E-state index in [4.69, 9.17) is 0 Å². The van der Waals surface area contributed by atoms with Crippen molar-refractivity contribution < 1.29 is 39.6 Å². The van der Waals surface area contributed by atoms with Crippen LogP contribution in [0.1, 0.15) is 41.4 Å². The molecule has 0 atom stereocenters. The van der Waals surface area contributed by atoms with Crippen molar-refractivity contribution in [3.8, 4) is 0 Å². The zero-order valence-electron chi connectivity index (χ0n) is 19.4. The lowest BCUT2D eigenvalue weighted by Crippen LogP contribution is -2.24. The first-order chi connectivity index (χ1) is 18.2. The number of hydrogen-bond donors (Lipinski definition) is 4. The van der Waals surface area contributed by atoms with Crippen molar-refractivity contribution >= 4 is 58.0 Å². The van der Waals surface area contributed by atoms with Gasteiger partial charge in [0.15, 0.2) is 0 Å². The number of aromatic carboxylic acids is 4. The van der Waals surface area contributed by atoms with E-state index < -0.39 is 23.9 Å². The van der Waals surface area contributed by atoms with Crippen LogP contribution in [0.15, 0.2) is 84.9 Å². The van der Waals surface area contributed by atoms with Gasteiger partial charge in [-0.2, -0.15) is 0 Å². The zero-order valence-corrected chi connectivity index (χ0v) is 19.4. The topological polar surface area (TPSA) is 156 Å². The highest BCUT2D eigenvalue weighted by atomic mass is 16.4. The Morgan fingerprint density at radius 3 is 0.868 bits per heavy atom. The molecule has 0 aliphatic carbocycles. The number of hydrogen-bond acceptors (Lipinski definition) is 6. The zero-order chi connectivity index (χ0) is 27.1. The Kier molecular flexibility index (Phi) is 5.76. The van der Waals surface area contributed by atoms with Gasteiger partial charge in [0.1, 0.15) is 0 Å². The molecule has 0 amide bonds. The van der Waals surface area contributed by atoms with Gasteiger partial charge in [-0.3, -0.25) is 0 Å². The Hall–Kier alpha value is -5.64. The third-order valence-corrected chi connectivity index (χ3v) is 6.07. The number of para-hydroxylation sites is 4. The molecular weight excluding hydrogens is 492 g/mol. The molecule has 5 rings (SSSR count). The van der Waals surface area contributed by atoms with E-state index in [-0.39, 0.29) is 33.6 Å². The van der Waals surface area contributed by atoms with Crippen LogP contribution in [0.4, 0.5) is 34.1 Å². The van der Waals surface area contributed by atoms with E-state index in [1.54, 1.807) is 58.3 Å². The number of carboxylic acid groups (broad SMARTS) is 4. The normalized spacial score (nSPS) is 11.9. The summed E-state index contributed by atoms with van der Waals surface area (Å²) in [5.74, 6) is -5.16. The molecule has 38 heavy (non-hydrogen) atoms. The fourth-order valence-corrected chi connectivity index (χ4v) is 4.47. The molecule has 0 saturated heterocycles. The van der Waals surface area contributed by atoms with Gasteiger partial charge in [-0.05, 0) is 60.7 Å². The van der Waals surface area contributed by atoms with Gasteiger partial charge < -0.3 is 30.2 Å². The van der Waals surface area contributed by atoms with Gasteiger partial charge in [-0.15, -0.1) is 0 Å². The van der Waals surface area contributed by atoms with Crippen molar-refractivity contribution in [2.24, 2.45) is 0 Å². The SMILES string of the molecule is O=C(O)c1cc(C(=O)O)cc(N2c3ccccc3N(c3cc(C(=O)O)cc(C(=O)O)c3)c3ccccc32)c1. The molecule has 10 heteroatoms. The Morgan fingerprint density at radius 1 is 0.421 bits per heavy atom. The van der Waals surface area contributed by atoms with E-state index in [0.29, 0.717) is 22.7 Å². The highest BCUT2D eigenvalue weighted by Gasteiger charge is 2.31. The Bertz CT molecular complexity index is 1430. The molecule has 188 valence electrons. The lowest BCUT2D eigenvalue weighted by Gasteiger charge is -2.40. The molecule has 0 unspecified atom stereocenters. The average molecular weight is 510 g/mol. The predicted octanol–water partition coefficient (Wildman–Crippen LogP) is 5.73. The molecule has 10 nitrogen and oxygen atoms in total. The summed E-state index contributed by atoms with van der Waals surface area (Å²) in [7, 11) is 0. The molecule has 0 saturated carbocycles. The number of carbonyl (C=O) groups is 4. The number of carboxylic acids is 4. The molecule has 0 spiro atoms. The maximum Gasteiger partial charge on any atom is 0.335 e. The summed E-state index contributed by atoms with van der Waals surface area (Å²) < 4.78 is 0. The summed E-state index contributed by atoms with van der Waals surface area (Å²) in [5, 5.41) is 38.5. The van der Waals surface area contributed by atoms with Crippen LogP contribution < -0.4 is 9.80 Å². The molecule has 4 aromatic carbocycles. The fraction of sp³-hybridized carbons (Fsp3) is 0. The van der Waals surface area contributed by atoms with E-state index in [1.165, 1.54) is 24.3 Å². The van der Waals surface area contributed by atoms with Gasteiger partial charge in [0.05, 0.1) is 45.0 Å². The van der Waals surface area contributed by atoms with Crippen LogP contribution in [0.3, 0.4) is 0 Å². The average Bonchev–Trinajstić information content (AvgIpc) is 2.90. The maximum atomic E-state index is 11.8. The van der Waals surface area contributed by atoms with Crippen LogP contribution in [0, 0.1) is 0 Å². The van der Waals surface area contributed by atoms with E-state index in [1.807, 2.05) is 0 Å². The molecule has 1 aliphatic rings. The van der Waals surface area contributed by atoms with Crippen molar-refractivity contribution in [2.75, 3.05) is 9.80 Å². The number of rotatable bonds is 6. The minimum absolute atomic E-state index is 0.211. The first kappa shape index (κ1) is 24.1. The lowest BCUT2D eigenvalue weighted by atomic mass is 10.0. The molecule has 4 N–H and O–H groups in total. The minimum atomic E-state index is -1.29. The first-order valence-electron chi connectivity index (χ1n) is 11.2. The Labute approximate surface area is 214 Å². The van der Waals surface area contributed by atoms with Gasteiger partial charge in [0.2, 0.25) is 0 Å². The van der Waals surface area contributed by atoms with Crippen LogP contribution >= 0.6 is 0 Å². The van der Waals surface area contributed by atoms with Crippen molar-refractivity contribution in [1.29, 1.82) is 0 Å². The lowest BCUT2D eigenvalue weighted by molar-refractivity contribution is 0.0676. The van der Waals surface area contributed by atoms with Gasteiger partial charge in [0.25, 0.3) is 0 Å². The molecule has 1 heterocycles. The second kappa shape index (κ2) is 9.10. The van der Waals surface area contributed by atoms with Crippen molar-refractivity contribution in [3.63, 3.8) is 0 Å². The highest BCUT2D eigenvalue weighted by molar-refractivity contribution is 6.05.